The van der Waals surface area contributed by atoms with Crippen LogP contribution in [0.4, 0.5) is 17.6 Å². The largest absolute Gasteiger partial charge is 0.383 e. The van der Waals surface area contributed by atoms with Crippen LogP contribution in [0.1, 0.15) is 17.2 Å². The summed E-state index contributed by atoms with van der Waals surface area (Å²) in [6, 6.07) is 4.46. The molecule has 0 radical (unpaired) electrons. The van der Waals surface area contributed by atoms with Gasteiger partial charge in [-0.15, -0.1) is 0 Å². The molecule has 0 aliphatic rings. The predicted molar refractivity (Wildman–Crippen MR) is 64.5 cm³/mol. The lowest BCUT2D eigenvalue weighted by Gasteiger charge is -2.14. The van der Waals surface area contributed by atoms with Crippen molar-refractivity contribution in [2.45, 2.75) is 6.10 Å². The molecule has 0 aliphatic heterocycles. The highest BCUT2D eigenvalue weighted by Crippen LogP contribution is 2.29. The molecule has 0 spiro atoms. The highest BCUT2D eigenvalue weighted by atomic mass is 79.9. The van der Waals surface area contributed by atoms with Crippen LogP contribution in [0.25, 0.3) is 0 Å². The Morgan fingerprint density at radius 1 is 0.895 bits per heavy atom. The van der Waals surface area contributed by atoms with Gasteiger partial charge in [0.05, 0.1) is 10.0 Å². The van der Waals surface area contributed by atoms with E-state index >= 15 is 0 Å². The average Bonchev–Trinajstić information content (AvgIpc) is 2.31. The van der Waals surface area contributed by atoms with E-state index in [0.717, 1.165) is 6.07 Å². The molecular formula is C13H7BrF4O. The van der Waals surface area contributed by atoms with Crippen LogP contribution in [0.2, 0.25) is 0 Å². The smallest absolute Gasteiger partial charge is 0.137 e. The van der Waals surface area contributed by atoms with Gasteiger partial charge in [0.15, 0.2) is 0 Å². The average molecular weight is 335 g/mol. The number of halogens is 5. The van der Waals surface area contributed by atoms with E-state index < -0.39 is 34.9 Å². The SMILES string of the molecule is OC(c1ccc(Br)c(F)c1)c1c(F)cc(F)cc1F. The van der Waals surface area contributed by atoms with Crippen molar-refractivity contribution < 1.29 is 22.7 Å². The summed E-state index contributed by atoms with van der Waals surface area (Å²) in [6.07, 6.45) is -1.72. The minimum Gasteiger partial charge on any atom is -0.383 e. The minimum absolute atomic E-state index is 0.0369. The first kappa shape index (κ1) is 14.0. The van der Waals surface area contributed by atoms with Crippen molar-refractivity contribution in [2.24, 2.45) is 0 Å². The molecule has 1 nitrogen and oxygen atoms in total. The van der Waals surface area contributed by atoms with Gasteiger partial charge in [-0.25, -0.2) is 17.6 Å². The number of aliphatic hydroxyl groups is 1. The Kier molecular flexibility index (Phi) is 3.91. The molecular weight excluding hydrogens is 328 g/mol. The quantitative estimate of drug-likeness (QED) is 0.820. The number of hydrogen-bond donors (Lipinski definition) is 1. The van der Waals surface area contributed by atoms with Crippen LogP contribution in [0.5, 0.6) is 0 Å². The summed E-state index contributed by atoms with van der Waals surface area (Å²) in [6.45, 7) is 0. The third kappa shape index (κ3) is 2.79. The molecule has 6 heteroatoms. The Labute approximate surface area is 114 Å². The van der Waals surface area contributed by atoms with E-state index in [1.165, 1.54) is 12.1 Å². The van der Waals surface area contributed by atoms with Gasteiger partial charge in [0.25, 0.3) is 0 Å². The Morgan fingerprint density at radius 3 is 2.00 bits per heavy atom. The molecule has 100 valence electrons. The van der Waals surface area contributed by atoms with Crippen molar-refractivity contribution in [3.8, 4) is 0 Å². The Bertz CT molecular complexity index is 607. The van der Waals surface area contributed by atoms with Gasteiger partial charge in [0.1, 0.15) is 29.4 Å². The lowest BCUT2D eigenvalue weighted by Crippen LogP contribution is -2.07. The van der Waals surface area contributed by atoms with Crippen molar-refractivity contribution >= 4 is 15.9 Å². The normalized spacial score (nSPS) is 12.5. The summed E-state index contributed by atoms with van der Waals surface area (Å²) in [5.41, 5.74) is -0.756. The summed E-state index contributed by atoms with van der Waals surface area (Å²) < 4.78 is 53.2. The summed E-state index contributed by atoms with van der Waals surface area (Å²) >= 11 is 2.92. The molecule has 0 heterocycles. The predicted octanol–water partition coefficient (Wildman–Crippen LogP) is 4.09. The minimum atomic E-state index is -1.72. The van der Waals surface area contributed by atoms with Gasteiger partial charge < -0.3 is 5.11 Å². The maximum atomic E-state index is 13.5. The molecule has 2 aromatic carbocycles. The first-order chi connectivity index (χ1) is 8.90. The molecule has 0 bridgehead atoms. The molecule has 0 saturated heterocycles. The van der Waals surface area contributed by atoms with Crippen molar-refractivity contribution in [2.75, 3.05) is 0 Å². The summed E-state index contributed by atoms with van der Waals surface area (Å²) in [5, 5.41) is 9.88. The Balaban J connectivity index is 2.49. The number of hydrogen-bond acceptors (Lipinski definition) is 1. The molecule has 1 atom stereocenters. The Morgan fingerprint density at radius 2 is 1.47 bits per heavy atom. The van der Waals surface area contributed by atoms with E-state index in [-0.39, 0.29) is 10.0 Å². The van der Waals surface area contributed by atoms with Gasteiger partial charge in [-0.1, -0.05) is 6.07 Å². The molecule has 0 fully saturated rings. The maximum absolute atomic E-state index is 13.5. The second-order valence-electron chi connectivity index (χ2n) is 3.86. The van der Waals surface area contributed by atoms with Crippen molar-refractivity contribution in [1.82, 2.24) is 0 Å². The van der Waals surface area contributed by atoms with E-state index in [1.807, 2.05) is 0 Å². The topological polar surface area (TPSA) is 20.2 Å². The molecule has 1 N–H and O–H groups in total. The number of benzene rings is 2. The van der Waals surface area contributed by atoms with Crippen LogP contribution in [0.15, 0.2) is 34.8 Å². The fourth-order valence-electron chi connectivity index (χ4n) is 1.66. The van der Waals surface area contributed by atoms with E-state index in [4.69, 9.17) is 0 Å². The fourth-order valence-corrected chi connectivity index (χ4v) is 1.91. The van der Waals surface area contributed by atoms with E-state index in [1.54, 1.807) is 0 Å². The van der Waals surface area contributed by atoms with Gasteiger partial charge in [-0.3, -0.25) is 0 Å². The molecule has 1 unspecified atom stereocenters. The van der Waals surface area contributed by atoms with Gasteiger partial charge >= 0.3 is 0 Å². The molecule has 0 saturated carbocycles. The Hall–Kier alpha value is -1.40. The lowest BCUT2D eigenvalue weighted by molar-refractivity contribution is 0.208. The second-order valence-corrected chi connectivity index (χ2v) is 4.71. The van der Waals surface area contributed by atoms with Crippen molar-refractivity contribution in [3.05, 3.63) is 69.2 Å². The highest BCUT2D eigenvalue weighted by molar-refractivity contribution is 9.10. The number of aliphatic hydroxyl groups excluding tert-OH is 1. The van der Waals surface area contributed by atoms with Gasteiger partial charge in [0.2, 0.25) is 0 Å². The van der Waals surface area contributed by atoms with Crippen LogP contribution >= 0.6 is 15.9 Å². The van der Waals surface area contributed by atoms with Crippen LogP contribution in [-0.4, -0.2) is 5.11 Å². The standard InChI is InChI=1S/C13H7BrF4O/c14-8-2-1-6(3-9(8)16)13(19)12-10(17)4-7(15)5-11(12)18/h1-5,13,19H. The first-order valence-corrected chi connectivity index (χ1v) is 5.97. The monoisotopic (exact) mass is 334 g/mol. The van der Waals surface area contributed by atoms with Crippen molar-refractivity contribution in [1.29, 1.82) is 0 Å². The zero-order valence-corrected chi connectivity index (χ0v) is 10.9. The van der Waals surface area contributed by atoms with Gasteiger partial charge in [0, 0.05) is 12.1 Å². The van der Waals surface area contributed by atoms with E-state index in [9.17, 15) is 22.7 Å². The molecule has 0 amide bonds. The molecule has 0 aliphatic carbocycles. The third-order valence-electron chi connectivity index (χ3n) is 2.58. The zero-order chi connectivity index (χ0) is 14.2. The molecule has 2 aromatic rings. The van der Waals surface area contributed by atoms with Crippen LogP contribution in [-0.2, 0) is 0 Å². The van der Waals surface area contributed by atoms with E-state index in [0.29, 0.717) is 12.1 Å². The molecule has 19 heavy (non-hydrogen) atoms. The molecule has 2 rings (SSSR count). The van der Waals surface area contributed by atoms with Crippen LogP contribution < -0.4 is 0 Å². The highest BCUT2D eigenvalue weighted by Gasteiger charge is 2.21. The van der Waals surface area contributed by atoms with Gasteiger partial charge in [-0.2, -0.15) is 0 Å². The van der Waals surface area contributed by atoms with Crippen LogP contribution in [0.3, 0.4) is 0 Å². The summed E-state index contributed by atoms with van der Waals surface area (Å²) in [5.74, 6) is -4.23. The van der Waals surface area contributed by atoms with Gasteiger partial charge in [-0.05, 0) is 33.6 Å². The van der Waals surface area contributed by atoms with Crippen LogP contribution in [0, 0.1) is 23.3 Å². The second kappa shape index (κ2) is 5.30. The number of rotatable bonds is 2. The third-order valence-corrected chi connectivity index (χ3v) is 3.22. The van der Waals surface area contributed by atoms with E-state index in [2.05, 4.69) is 15.9 Å². The zero-order valence-electron chi connectivity index (χ0n) is 9.30. The van der Waals surface area contributed by atoms with Crippen molar-refractivity contribution in [3.63, 3.8) is 0 Å². The fraction of sp³-hybridized carbons (Fsp3) is 0.0769. The first-order valence-electron chi connectivity index (χ1n) is 5.17. The lowest BCUT2D eigenvalue weighted by atomic mass is 10.0. The summed E-state index contributed by atoms with van der Waals surface area (Å²) in [7, 11) is 0. The summed E-state index contributed by atoms with van der Waals surface area (Å²) in [4.78, 5) is 0. The molecule has 0 aromatic heterocycles. The maximum Gasteiger partial charge on any atom is 0.137 e.